The first-order valence-corrected chi connectivity index (χ1v) is 5.33. The largest absolute Gasteiger partial charge is 0.329 e. The first kappa shape index (κ1) is 12.0. The Bertz CT molecular complexity index is 552. The summed E-state index contributed by atoms with van der Waals surface area (Å²) in [5, 5.41) is 2.40. The van der Waals surface area contributed by atoms with Crippen molar-refractivity contribution in [3.63, 3.8) is 0 Å². The summed E-state index contributed by atoms with van der Waals surface area (Å²) in [6.45, 7) is 3.59. The number of hydrogen-bond donors (Lipinski definition) is 1. The monoisotopic (exact) mass is 246 g/mol. The fraction of sp³-hybridized carbons (Fsp3) is 0.0769. The molecule has 92 valence electrons. The Labute approximate surface area is 103 Å². The van der Waals surface area contributed by atoms with Crippen molar-refractivity contribution in [1.29, 1.82) is 0 Å². The van der Waals surface area contributed by atoms with E-state index in [4.69, 9.17) is 0 Å². The summed E-state index contributed by atoms with van der Waals surface area (Å²) >= 11 is 0. The number of halogens is 1. The average Bonchev–Trinajstić information content (AvgIpc) is 2.60. The third-order valence-corrected chi connectivity index (χ3v) is 2.48. The Balaban J connectivity index is 2.31. The van der Waals surface area contributed by atoms with E-state index in [-0.39, 0.29) is 17.8 Å². The van der Waals surface area contributed by atoms with Crippen LogP contribution in [0.1, 0.15) is 5.56 Å². The normalized spacial score (nSPS) is 17.2. The molecule has 18 heavy (non-hydrogen) atoms. The van der Waals surface area contributed by atoms with E-state index >= 15 is 0 Å². The minimum atomic E-state index is -0.525. The van der Waals surface area contributed by atoms with Crippen molar-refractivity contribution in [3.8, 4) is 0 Å². The molecule has 1 aromatic rings. The van der Waals surface area contributed by atoms with Gasteiger partial charge >= 0.3 is 6.03 Å². The minimum absolute atomic E-state index is 0.0620. The van der Waals surface area contributed by atoms with Crippen LogP contribution in [-0.2, 0) is 4.79 Å². The molecule has 3 amide bonds. The van der Waals surface area contributed by atoms with E-state index in [9.17, 15) is 14.0 Å². The molecule has 0 aromatic heterocycles. The fourth-order valence-corrected chi connectivity index (χ4v) is 1.61. The smallest absolute Gasteiger partial charge is 0.303 e. The first-order valence-electron chi connectivity index (χ1n) is 5.33. The number of carbonyl (C=O) groups excluding carboxylic acids is 2. The minimum Gasteiger partial charge on any atom is -0.303 e. The van der Waals surface area contributed by atoms with Crippen LogP contribution < -0.4 is 5.32 Å². The highest BCUT2D eigenvalue weighted by Crippen LogP contribution is 2.15. The molecule has 4 nitrogen and oxygen atoms in total. The fourth-order valence-electron chi connectivity index (χ4n) is 1.61. The lowest BCUT2D eigenvalue weighted by Crippen LogP contribution is -2.30. The second-order valence-electron chi connectivity index (χ2n) is 3.71. The number of carbonyl (C=O) groups is 2. The number of urea groups is 1. The third kappa shape index (κ3) is 2.15. The zero-order valence-corrected chi connectivity index (χ0v) is 9.52. The highest BCUT2D eigenvalue weighted by atomic mass is 19.1. The van der Waals surface area contributed by atoms with E-state index in [1.807, 2.05) is 0 Å². The summed E-state index contributed by atoms with van der Waals surface area (Å²) in [5.41, 5.74) is 0.313. The molecule has 0 unspecified atom stereocenters. The highest BCUT2D eigenvalue weighted by Gasteiger charge is 2.32. The lowest BCUT2D eigenvalue weighted by molar-refractivity contribution is -0.122. The van der Waals surface area contributed by atoms with E-state index in [1.165, 1.54) is 24.3 Å². The molecule has 5 heteroatoms. The Morgan fingerprint density at radius 3 is 2.72 bits per heavy atom. The van der Waals surface area contributed by atoms with Gasteiger partial charge in [-0.05, 0) is 12.1 Å². The van der Waals surface area contributed by atoms with Crippen molar-refractivity contribution in [2.24, 2.45) is 0 Å². The van der Waals surface area contributed by atoms with Crippen molar-refractivity contribution in [2.45, 2.75) is 0 Å². The Kier molecular flexibility index (Phi) is 3.23. The van der Waals surface area contributed by atoms with Gasteiger partial charge in [-0.25, -0.2) is 9.18 Å². The number of imide groups is 1. The third-order valence-electron chi connectivity index (χ3n) is 2.48. The maximum Gasteiger partial charge on any atom is 0.329 e. The van der Waals surface area contributed by atoms with Crippen molar-refractivity contribution in [3.05, 3.63) is 54.0 Å². The second kappa shape index (κ2) is 4.83. The van der Waals surface area contributed by atoms with Gasteiger partial charge in [0.25, 0.3) is 5.91 Å². The zero-order valence-electron chi connectivity index (χ0n) is 9.52. The van der Waals surface area contributed by atoms with Gasteiger partial charge in [0.1, 0.15) is 11.5 Å². The lowest BCUT2D eigenvalue weighted by Gasteiger charge is -2.06. The molecule has 1 aliphatic heterocycles. The van der Waals surface area contributed by atoms with Crippen molar-refractivity contribution >= 4 is 18.0 Å². The van der Waals surface area contributed by atoms with Crippen LogP contribution in [0.5, 0.6) is 0 Å². The molecular weight excluding hydrogens is 235 g/mol. The van der Waals surface area contributed by atoms with Crippen LogP contribution >= 0.6 is 0 Å². The summed E-state index contributed by atoms with van der Waals surface area (Å²) in [7, 11) is 0. The SMILES string of the molecule is C=CCN1C(=O)N/C(=C\c2ccccc2F)C1=O. The van der Waals surface area contributed by atoms with Gasteiger partial charge in [-0.3, -0.25) is 9.69 Å². The van der Waals surface area contributed by atoms with E-state index in [2.05, 4.69) is 11.9 Å². The van der Waals surface area contributed by atoms with Crippen molar-refractivity contribution in [2.75, 3.05) is 6.54 Å². The summed E-state index contributed by atoms with van der Waals surface area (Å²) in [4.78, 5) is 24.3. The molecule has 1 fully saturated rings. The van der Waals surface area contributed by atoms with Crippen molar-refractivity contribution in [1.82, 2.24) is 10.2 Å². The summed E-state index contributed by atoms with van der Waals surface area (Å²) in [6, 6.07) is 5.49. The van der Waals surface area contributed by atoms with E-state index < -0.39 is 17.8 Å². The molecule has 0 bridgehead atoms. The molecule has 0 spiro atoms. The number of nitrogens with one attached hydrogen (secondary N) is 1. The molecule has 0 atom stereocenters. The number of benzene rings is 1. The Morgan fingerprint density at radius 2 is 2.06 bits per heavy atom. The summed E-state index contributed by atoms with van der Waals surface area (Å²) in [6.07, 6.45) is 2.77. The molecule has 1 aliphatic rings. The van der Waals surface area contributed by atoms with Crippen LogP contribution in [0.2, 0.25) is 0 Å². The van der Waals surface area contributed by atoms with E-state index in [0.717, 1.165) is 4.90 Å². The van der Waals surface area contributed by atoms with E-state index in [0.29, 0.717) is 0 Å². The molecular formula is C13H11FN2O2. The number of amides is 3. The summed E-state index contributed by atoms with van der Waals surface area (Å²) < 4.78 is 13.4. The van der Waals surface area contributed by atoms with Crippen molar-refractivity contribution < 1.29 is 14.0 Å². The van der Waals surface area contributed by atoms with Gasteiger partial charge in [0.2, 0.25) is 0 Å². The quantitative estimate of drug-likeness (QED) is 0.503. The molecule has 0 aliphatic carbocycles. The maximum absolute atomic E-state index is 13.4. The van der Waals surface area contributed by atoms with Gasteiger partial charge in [-0.15, -0.1) is 6.58 Å². The lowest BCUT2D eigenvalue weighted by atomic mass is 10.2. The van der Waals surface area contributed by atoms with Crippen LogP contribution in [0.15, 0.2) is 42.6 Å². The molecule has 2 rings (SSSR count). The predicted molar refractivity (Wildman–Crippen MR) is 64.8 cm³/mol. The Hall–Kier alpha value is -2.43. The van der Waals surface area contributed by atoms with Gasteiger partial charge < -0.3 is 5.32 Å². The van der Waals surface area contributed by atoms with Crippen LogP contribution in [-0.4, -0.2) is 23.4 Å². The summed E-state index contributed by atoms with van der Waals surface area (Å²) in [5.74, 6) is -0.933. The Morgan fingerprint density at radius 1 is 1.33 bits per heavy atom. The topological polar surface area (TPSA) is 49.4 Å². The molecule has 1 heterocycles. The number of nitrogens with zero attached hydrogens (tertiary/aromatic N) is 1. The maximum atomic E-state index is 13.4. The van der Waals surface area contributed by atoms with Crippen LogP contribution in [0.4, 0.5) is 9.18 Å². The van der Waals surface area contributed by atoms with Gasteiger partial charge in [-0.1, -0.05) is 24.3 Å². The first-order chi connectivity index (χ1) is 8.63. The van der Waals surface area contributed by atoms with Crippen LogP contribution in [0.25, 0.3) is 6.08 Å². The van der Waals surface area contributed by atoms with E-state index in [1.54, 1.807) is 12.1 Å². The average molecular weight is 246 g/mol. The molecule has 0 saturated carbocycles. The standard InChI is InChI=1S/C13H11FN2O2/c1-2-7-16-12(17)11(15-13(16)18)8-9-5-3-4-6-10(9)14/h2-6,8H,1,7H2,(H,15,18)/b11-8-. The van der Waals surface area contributed by atoms with Crippen LogP contribution in [0.3, 0.4) is 0 Å². The predicted octanol–water partition coefficient (Wildman–Crippen LogP) is 1.90. The van der Waals surface area contributed by atoms with Gasteiger partial charge in [0.05, 0.1) is 0 Å². The molecule has 1 N–H and O–H groups in total. The second-order valence-corrected chi connectivity index (χ2v) is 3.71. The van der Waals surface area contributed by atoms with Gasteiger partial charge in [0, 0.05) is 12.1 Å². The number of rotatable bonds is 3. The highest BCUT2D eigenvalue weighted by molar-refractivity contribution is 6.14. The van der Waals surface area contributed by atoms with Crippen LogP contribution in [0, 0.1) is 5.82 Å². The molecule has 1 aromatic carbocycles. The zero-order chi connectivity index (χ0) is 13.1. The molecule has 0 radical (unpaired) electrons. The van der Waals surface area contributed by atoms with Gasteiger partial charge in [0.15, 0.2) is 0 Å². The van der Waals surface area contributed by atoms with Gasteiger partial charge in [-0.2, -0.15) is 0 Å². The number of hydrogen-bond acceptors (Lipinski definition) is 2. The molecule has 1 saturated heterocycles.